The Morgan fingerprint density at radius 1 is 1.10 bits per heavy atom. The minimum atomic E-state index is -0.699. The highest BCUT2D eigenvalue weighted by atomic mass is 35.5. The lowest BCUT2D eigenvalue weighted by atomic mass is 10.1. The van der Waals surface area contributed by atoms with Crippen LogP contribution in [0.3, 0.4) is 0 Å². The average molecular weight is 467 g/mol. The fraction of sp³-hybridized carbons (Fsp3) is 0.391. The highest BCUT2D eigenvalue weighted by molar-refractivity contribution is 6.35. The summed E-state index contributed by atoms with van der Waals surface area (Å²) in [6, 6.07) is 11.3. The Morgan fingerprint density at radius 2 is 1.77 bits per heavy atom. The number of ether oxygens (including phenoxy) is 2. The van der Waals surface area contributed by atoms with Crippen LogP contribution in [0, 0.1) is 0 Å². The minimum Gasteiger partial charge on any atom is -0.497 e. The number of unbranched alkanes of at least 4 members (excludes halogenated alkanes) is 1. The number of nitrogens with zero attached hydrogens (tertiary/aromatic N) is 1. The van der Waals surface area contributed by atoms with Gasteiger partial charge in [-0.15, -0.1) is 0 Å². The van der Waals surface area contributed by atoms with E-state index in [1.165, 1.54) is 4.90 Å². The molecule has 2 rings (SSSR count). The Bertz CT molecular complexity index is 874. The summed E-state index contributed by atoms with van der Waals surface area (Å²) in [7, 11) is 1.58. The van der Waals surface area contributed by atoms with Gasteiger partial charge in [-0.25, -0.2) is 0 Å². The van der Waals surface area contributed by atoms with Crippen LogP contribution in [0.5, 0.6) is 11.5 Å². The maximum atomic E-state index is 13.0. The normalized spacial score (nSPS) is 11.5. The molecule has 0 bridgehead atoms. The Morgan fingerprint density at radius 3 is 2.39 bits per heavy atom. The molecule has 0 saturated carbocycles. The summed E-state index contributed by atoms with van der Waals surface area (Å²) >= 11 is 12.3. The van der Waals surface area contributed by atoms with E-state index in [4.69, 9.17) is 32.7 Å². The van der Waals surface area contributed by atoms with E-state index in [-0.39, 0.29) is 25.0 Å². The molecule has 0 saturated heterocycles. The number of carbonyl (C=O) groups excluding carboxylic acids is 2. The SMILES string of the molecule is CCCCNC(=O)C(C)N(Cc1ccc(Cl)cc1Cl)C(=O)COc1ccc(OC)cc1. The van der Waals surface area contributed by atoms with E-state index in [1.54, 1.807) is 56.5 Å². The van der Waals surface area contributed by atoms with Crippen LogP contribution in [0.1, 0.15) is 32.3 Å². The van der Waals surface area contributed by atoms with Crippen molar-refractivity contribution in [3.05, 3.63) is 58.1 Å². The van der Waals surface area contributed by atoms with E-state index >= 15 is 0 Å². The van der Waals surface area contributed by atoms with Gasteiger partial charge in [0.05, 0.1) is 7.11 Å². The number of amides is 2. The van der Waals surface area contributed by atoms with Crippen molar-refractivity contribution in [2.24, 2.45) is 0 Å². The molecular formula is C23H28Cl2N2O4. The van der Waals surface area contributed by atoms with Gasteiger partial charge in [-0.05, 0) is 55.3 Å². The Labute approximate surface area is 193 Å². The number of benzene rings is 2. The maximum absolute atomic E-state index is 13.0. The lowest BCUT2D eigenvalue weighted by molar-refractivity contribution is -0.142. The van der Waals surface area contributed by atoms with Gasteiger partial charge in [0, 0.05) is 23.1 Å². The van der Waals surface area contributed by atoms with Crippen molar-refractivity contribution in [2.75, 3.05) is 20.3 Å². The van der Waals surface area contributed by atoms with Crippen LogP contribution in [0.25, 0.3) is 0 Å². The zero-order valence-corrected chi connectivity index (χ0v) is 19.5. The third kappa shape index (κ3) is 7.64. The first kappa shape index (κ1) is 24.8. The van der Waals surface area contributed by atoms with Gasteiger partial charge >= 0.3 is 0 Å². The van der Waals surface area contributed by atoms with E-state index in [0.717, 1.165) is 12.8 Å². The number of nitrogens with one attached hydrogen (secondary N) is 1. The van der Waals surface area contributed by atoms with Gasteiger partial charge in [-0.1, -0.05) is 42.6 Å². The van der Waals surface area contributed by atoms with E-state index in [9.17, 15) is 9.59 Å². The summed E-state index contributed by atoms with van der Waals surface area (Å²) < 4.78 is 10.8. The molecule has 2 amide bonds. The Hall–Kier alpha value is -2.44. The van der Waals surface area contributed by atoms with Crippen LogP contribution in [-0.2, 0) is 16.1 Å². The summed E-state index contributed by atoms with van der Waals surface area (Å²) in [5, 5.41) is 3.80. The highest BCUT2D eigenvalue weighted by Gasteiger charge is 2.27. The van der Waals surface area contributed by atoms with Crippen LogP contribution in [0.4, 0.5) is 0 Å². The van der Waals surface area contributed by atoms with Crippen LogP contribution in [0.15, 0.2) is 42.5 Å². The van der Waals surface area contributed by atoms with E-state index < -0.39 is 6.04 Å². The molecule has 0 aliphatic carbocycles. The van der Waals surface area contributed by atoms with Crippen molar-refractivity contribution < 1.29 is 19.1 Å². The molecule has 0 aliphatic heterocycles. The zero-order chi connectivity index (χ0) is 22.8. The molecule has 1 N–H and O–H groups in total. The van der Waals surface area contributed by atoms with Crippen molar-refractivity contribution in [1.82, 2.24) is 10.2 Å². The quantitative estimate of drug-likeness (QED) is 0.486. The summed E-state index contributed by atoms with van der Waals surface area (Å²) in [5.41, 5.74) is 0.692. The molecule has 0 radical (unpaired) electrons. The molecule has 0 aromatic heterocycles. The number of hydrogen-bond acceptors (Lipinski definition) is 4. The van der Waals surface area contributed by atoms with Gasteiger partial charge in [-0.2, -0.15) is 0 Å². The predicted molar refractivity (Wildman–Crippen MR) is 123 cm³/mol. The summed E-state index contributed by atoms with van der Waals surface area (Å²) in [6.07, 6.45) is 1.84. The molecule has 6 nitrogen and oxygen atoms in total. The molecule has 0 aliphatic rings. The van der Waals surface area contributed by atoms with E-state index in [2.05, 4.69) is 5.32 Å². The summed E-state index contributed by atoms with van der Waals surface area (Å²) in [5.74, 6) is 0.657. The van der Waals surface area contributed by atoms with E-state index in [1.807, 2.05) is 6.92 Å². The number of hydrogen-bond donors (Lipinski definition) is 1. The second-order valence-electron chi connectivity index (χ2n) is 7.04. The van der Waals surface area contributed by atoms with Gasteiger partial charge in [-0.3, -0.25) is 9.59 Å². The standard InChI is InChI=1S/C23H28Cl2N2O4/c1-4-5-12-26-23(29)16(2)27(14-17-6-7-18(24)13-21(17)25)22(28)15-31-20-10-8-19(30-3)9-11-20/h6-11,13,16H,4-5,12,14-15H2,1-3H3,(H,26,29). The molecule has 0 spiro atoms. The van der Waals surface area contributed by atoms with Gasteiger partial charge in [0.1, 0.15) is 17.5 Å². The van der Waals surface area contributed by atoms with Crippen LogP contribution in [0.2, 0.25) is 10.0 Å². The van der Waals surface area contributed by atoms with Crippen LogP contribution in [-0.4, -0.2) is 43.0 Å². The molecule has 8 heteroatoms. The molecule has 31 heavy (non-hydrogen) atoms. The minimum absolute atomic E-state index is 0.156. The van der Waals surface area contributed by atoms with Crippen molar-refractivity contribution in [3.8, 4) is 11.5 Å². The fourth-order valence-electron chi connectivity index (χ4n) is 2.85. The Balaban J connectivity index is 2.14. The molecule has 168 valence electrons. The third-order valence-electron chi connectivity index (χ3n) is 4.77. The van der Waals surface area contributed by atoms with Crippen molar-refractivity contribution >= 4 is 35.0 Å². The number of methoxy groups -OCH3 is 1. The monoisotopic (exact) mass is 466 g/mol. The lowest BCUT2D eigenvalue weighted by Crippen LogP contribution is -2.49. The number of halogens is 2. The average Bonchev–Trinajstić information content (AvgIpc) is 2.77. The number of carbonyl (C=O) groups is 2. The first-order valence-electron chi connectivity index (χ1n) is 10.1. The van der Waals surface area contributed by atoms with E-state index in [0.29, 0.717) is 33.7 Å². The molecule has 0 heterocycles. The Kier molecular flexibility index (Phi) is 9.95. The molecular weight excluding hydrogens is 439 g/mol. The largest absolute Gasteiger partial charge is 0.497 e. The lowest BCUT2D eigenvalue weighted by Gasteiger charge is -2.29. The number of rotatable bonds is 11. The van der Waals surface area contributed by atoms with Crippen LogP contribution < -0.4 is 14.8 Å². The predicted octanol–water partition coefficient (Wildman–Crippen LogP) is 4.71. The van der Waals surface area contributed by atoms with Crippen molar-refractivity contribution in [3.63, 3.8) is 0 Å². The molecule has 1 atom stereocenters. The highest BCUT2D eigenvalue weighted by Crippen LogP contribution is 2.23. The van der Waals surface area contributed by atoms with Crippen LogP contribution >= 0.6 is 23.2 Å². The summed E-state index contributed by atoms with van der Waals surface area (Å²) in [4.78, 5) is 27.1. The first-order valence-corrected chi connectivity index (χ1v) is 10.9. The molecule has 2 aromatic rings. The first-order chi connectivity index (χ1) is 14.8. The van der Waals surface area contributed by atoms with Gasteiger partial charge in [0.2, 0.25) is 5.91 Å². The van der Waals surface area contributed by atoms with Crippen molar-refractivity contribution in [2.45, 2.75) is 39.3 Å². The molecule has 1 unspecified atom stereocenters. The maximum Gasteiger partial charge on any atom is 0.261 e. The second-order valence-corrected chi connectivity index (χ2v) is 7.89. The zero-order valence-electron chi connectivity index (χ0n) is 18.0. The second kappa shape index (κ2) is 12.4. The van der Waals surface area contributed by atoms with Crippen molar-refractivity contribution in [1.29, 1.82) is 0 Å². The molecule has 2 aromatic carbocycles. The van der Waals surface area contributed by atoms with Gasteiger partial charge in [0.15, 0.2) is 6.61 Å². The molecule has 0 fully saturated rings. The smallest absolute Gasteiger partial charge is 0.261 e. The summed E-state index contributed by atoms with van der Waals surface area (Å²) in [6.45, 7) is 4.24. The fourth-order valence-corrected chi connectivity index (χ4v) is 3.32. The van der Waals surface area contributed by atoms with Gasteiger partial charge in [0.25, 0.3) is 5.91 Å². The van der Waals surface area contributed by atoms with Gasteiger partial charge < -0.3 is 19.7 Å². The third-order valence-corrected chi connectivity index (χ3v) is 5.36. The topological polar surface area (TPSA) is 67.9 Å².